The molecule has 8 heteroatoms. The lowest BCUT2D eigenvalue weighted by Crippen LogP contribution is -2.17. The van der Waals surface area contributed by atoms with Gasteiger partial charge in [0.05, 0.1) is 13.2 Å². The van der Waals surface area contributed by atoms with Gasteiger partial charge in [0.1, 0.15) is 0 Å². The molecule has 2 aliphatic rings. The number of hydrogen-bond donors (Lipinski definition) is 0. The summed E-state index contributed by atoms with van der Waals surface area (Å²) in [6, 6.07) is 9.46. The summed E-state index contributed by atoms with van der Waals surface area (Å²) in [4.78, 5) is 0. The van der Waals surface area contributed by atoms with Gasteiger partial charge >= 0.3 is 0 Å². The summed E-state index contributed by atoms with van der Waals surface area (Å²) in [5, 5.41) is 0. The van der Waals surface area contributed by atoms with Crippen molar-refractivity contribution in [1.82, 2.24) is 0 Å². The maximum Gasteiger partial charge on any atom is 0.200 e. The molecule has 2 saturated carbocycles. The van der Waals surface area contributed by atoms with Gasteiger partial charge in [0.15, 0.2) is 34.8 Å². The summed E-state index contributed by atoms with van der Waals surface area (Å²) in [6.07, 6.45) is 6.33. The van der Waals surface area contributed by atoms with Crippen LogP contribution in [0.25, 0.3) is 0 Å². The van der Waals surface area contributed by atoms with Crippen LogP contribution in [0.5, 0.6) is 11.5 Å². The average Bonchev–Trinajstić information content (AvgIpc) is 3.03. The molecule has 0 spiro atoms. The van der Waals surface area contributed by atoms with E-state index in [-0.39, 0.29) is 42.5 Å². The maximum atomic E-state index is 15.3. The number of hydrogen-bond acceptors (Lipinski definition) is 2. The Balaban J connectivity index is 1.14. The van der Waals surface area contributed by atoms with Crippen LogP contribution >= 0.6 is 0 Å². The fourth-order valence-electron chi connectivity index (χ4n) is 7.21. The first kappa shape index (κ1) is 32.2. The zero-order valence-electron chi connectivity index (χ0n) is 25.3. The van der Waals surface area contributed by atoms with E-state index < -0.39 is 34.9 Å². The van der Waals surface area contributed by atoms with Gasteiger partial charge in [-0.2, -0.15) is 8.78 Å². The lowest BCUT2D eigenvalue weighted by Gasteiger charge is -2.30. The molecule has 238 valence electrons. The minimum Gasteiger partial charge on any atom is -0.491 e. The number of halogens is 6. The Morgan fingerprint density at radius 2 is 0.886 bits per heavy atom. The van der Waals surface area contributed by atoms with Crippen molar-refractivity contribution in [3.8, 4) is 11.5 Å². The lowest BCUT2D eigenvalue weighted by atomic mass is 9.75. The molecule has 0 unspecified atom stereocenters. The van der Waals surface area contributed by atoms with Gasteiger partial charge in [-0.3, -0.25) is 0 Å². The van der Waals surface area contributed by atoms with Crippen molar-refractivity contribution in [2.24, 2.45) is 5.92 Å². The van der Waals surface area contributed by atoms with E-state index in [1.165, 1.54) is 12.1 Å². The first-order valence-electron chi connectivity index (χ1n) is 15.9. The van der Waals surface area contributed by atoms with Crippen LogP contribution in [0.15, 0.2) is 36.4 Å². The van der Waals surface area contributed by atoms with Crippen LogP contribution in [0, 0.1) is 40.8 Å². The summed E-state index contributed by atoms with van der Waals surface area (Å²) < 4.78 is 98.9. The van der Waals surface area contributed by atoms with E-state index in [4.69, 9.17) is 9.47 Å². The number of rotatable bonds is 10. The Morgan fingerprint density at radius 3 is 1.32 bits per heavy atom. The molecule has 0 atom stereocenters. The maximum absolute atomic E-state index is 15.3. The molecule has 0 bridgehead atoms. The van der Waals surface area contributed by atoms with E-state index in [1.807, 2.05) is 0 Å². The van der Waals surface area contributed by atoms with Crippen molar-refractivity contribution in [2.75, 3.05) is 13.2 Å². The fraction of sp³-hybridized carbons (Fsp3) is 0.500. The molecule has 2 fully saturated rings. The highest BCUT2D eigenvalue weighted by atomic mass is 19.2. The molecule has 2 nitrogen and oxygen atoms in total. The third-order valence-corrected chi connectivity index (χ3v) is 9.66. The Labute approximate surface area is 255 Å². The van der Waals surface area contributed by atoms with Gasteiger partial charge in [-0.15, -0.1) is 0 Å². The average molecular weight is 619 g/mol. The van der Waals surface area contributed by atoms with Crippen molar-refractivity contribution in [2.45, 2.75) is 95.8 Å². The van der Waals surface area contributed by atoms with Crippen LogP contribution in [-0.2, 0) is 6.42 Å². The first-order valence-corrected chi connectivity index (χ1v) is 15.9. The standard InChI is InChI=1S/C36H40F6O2/c1-3-43-29-19-17-27(33(39)35(29)41)22-8-5-21(6-9-22)7-10-25-15-16-26(32(38)31(25)37)23-11-13-24(14-12-23)28-18-20-30(44-4-2)36(42)34(28)40/h15-24H,3-14H2,1-2H3. The molecule has 3 aromatic rings. The summed E-state index contributed by atoms with van der Waals surface area (Å²) in [5.74, 6) is -5.65. The normalized spacial score (nSPS) is 22.2. The number of ether oxygens (including phenoxy) is 2. The quantitative estimate of drug-likeness (QED) is 0.211. The second-order valence-corrected chi connectivity index (χ2v) is 12.2. The van der Waals surface area contributed by atoms with E-state index in [0.717, 1.165) is 12.8 Å². The van der Waals surface area contributed by atoms with Crippen LogP contribution in [0.2, 0.25) is 0 Å². The van der Waals surface area contributed by atoms with Crippen LogP contribution in [-0.4, -0.2) is 13.2 Å². The predicted octanol–water partition coefficient (Wildman–Crippen LogP) is 10.7. The van der Waals surface area contributed by atoms with Gasteiger partial charge in [-0.1, -0.05) is 24.3 Å². The van der Waals surface area contributed by atoms with Crippen molar-refractivity contribution in [3.63, 3.8) is 0 Å². The highest BCUT2D eigenvalue weighted by molar-refractivity contribution is 5.35. The summed E-state index contributed by atoms with van der Waals surface area (Å²) in [6.45, 7) is 3.91. The van der Waals surface area contributed by atoms with E-state index >= 15 is 8.78 Å². The van der Waals surface area contributed by atoms with Gasteiger partial charge in [-0.05, 0) is 136 Å². The molecular weight excluding hydrogens is 578 g/mol. The second kappa shape index (κ2) is 14.3. The molecule has 0 amide bonds. The predicted molar refractivity (Wildman–Crippen MR) is 158 cm³/mol. The minimum atomic E-state index is -0.986. The third-order valence-electron chi connectivity index (χ3n) is 9.66. The van der Waals surface area contributed by atoms with E-state index in [1.54, 1.807) is 38.1 Å². The van der Waals surface area contributed by atoms with Crippen LogP contribution in [0.4, 0.5) is 26.3 Å². The topological polar surface area (TPSA) is 18.5 Å². The Kier molecular flexibility index (Phi) is 10.5. The highest BCUT2D eigenvalue weighted by Gasteiger charge is 2.31. The molecule has 2 aliphatic carbocycles. The zero-order valence-corrected chi connectivity index (χ0v) is 25.3. The summed E-state index contributed by atoms with van der Waals surface area (Å²) >= 11 is 0. The molecule has 0 heterocycles. The van der Waals surface area contributed by atoms with Crippen molar-refractivity contribution in [1.29, 1.82) is 0 Å². The van der Waals surface area contributed by atoms with Gasteiger partial charge in [0.25, 0.3) is 0 Å². The third kappa shape index (κ3) is 6.74. The number of benzene rings is 3. The summed E-state index contributed by atoms with van der Waals surface area (Å²) in [7, 11) is 0. The SMILES string of the molecule is CCOc1ccc(C2CCC(CCc3ccc(C4CCC(c5ccc(OCC)c(F)c5F)CC4)c(F)c3F)CC2)c(F)c1F. The van der Waals surface area contributed by atoms with Gasteiger partial charge in [-0.25, -0.2) is 17.6 Å². The lowest BCUT2D eigenvalue weighted by molar-refractivity contribution is 0.296. The highest BCUT2D eigenvalue weighted by Crippen LogP contribution is 2.44. The molecule has 0 aliphatic heterocycles. The van der Waals surface area contributed by atoms with Crippen molar-refractivity contribution >= 4 is 0 Å². The smallest absolute Gasteiger partial charge is 0.200 e. The monoisotopic (exact) mass is 618 g/mol. The molecular formula is C36H40F6O2. The Morgan fingerprint density at radius 1 is 0.500 bits per heavy atom. The molecule has 44 heavy (non-hydrogen) atoms. The fourth-order valence-corrected chi connectivity index (χ4v) is 7.21. The van der Waals surface area contributed by atoms with Crippen LogP contribution in [0.3, 0.4) is 0 Å². The van der Waals surface area contributed by atoms with Crippen LogP contribution in [0.1, 0.15) is 112 Å². The summed E-state index contributed by atoms with van der Waals surface area (Å²) in [5.41, 5.74) is 1.36. The van der Waals surface area contributed by atoms with E-state index in [0.29, 0.717) is 79.5 Å². The van der Waals surface area contributed by atoms with Crippen molar-refractivity contribution in [3.05, 3.63) is 93.6 Å². The molecule has 0 aromatic heterocycles. The molecule has 0 saturated heterocycles. The second-order valence-electron chi connectivity index (χ2n) is 12.2. The molecule has 3 aromatic carbocycles. The van der Waals surface area contributed by atoms with Gasteiger partial charge in [0.2, 0.25) is 11.6 Å². The Hall–Kier alpha value is -3.16. The number of aryl methyl sites for hydroxylation is 1. The molecule has 0 radical (unpaired) electrons. The van der Waals surface area contributed by atoms with Gasteiger partial charge < -0.3 is 9.47 Å². The zero-order chi connectivity index (χ0) is 31.4. The van der Waals surface area contributed by atoms with Gasteiger partial charge in [0, 0.05) is 0 Å². The van der Waals surface area contributed by atoms with E-state index in [9.17, 15) is 17.6 Å². The Bertz CT molecular complexity index is 1440. The molecule has 5 rings (SSSR count). The first-order chi connectivity index (χ1) is 21.2. The largest absolute Gasteiger partial charge is 0.491 e. The van der Waals surface area contributed by atoms with Crippen LogP contribution < -0.4 is 9.47 Å². The van der Waals surface area contributed by atoms with Crippen molar-refractivity contribution < 1.29 is 35.8 Å². The molecule has 0 N–H and O–H groups in total. The minimum absolute atomic E-state index is 0.0774. The van der Waals surface area contributed by atoms with E-state index in [2.05, 4.69) is 0 Å².